The molecule has 0 heterocycles. The quantitative estimate of drug-likeness (QED) is 0.753. The molecule has 0 radical (unpaired) electrons. The van der Waals surface area contributed by atoms with E-state index in [0.29, 0.717) is 17.7 Å². The Balaban J connectivity index is 3.02. The van der Waals surface area contributed by atoms with Gasteiger partial charge in [0, 0.05) is 6.54 Å². The minimum atomic E-state index is -1.23. The molecule has 1 aromatic carbocycles. The highest BCUT2D eigenvalue weighted by Gasteiger charge is 2.27. The number of carboxylic acids is 1. The Hall–Kier alpha value is -2.35. The Kier molecular flexibility index (Phi) is 4.23. The highest BCUT2D eigenvalue weighted by molar-refractivity contribution is 6.02. The summed E-state index contributed by atoms with van der Waals surface area (Å²) in [6.45, 7) is 2.09. The normalized spacial score (nSPS) is 11.3. The Morgan fingerprint density at radius 2 is 2.00 bits per heavy atom. The lowest BCUT2D eigenvalue weighted by molar-refractivity contribution is -0.143. The fourth-order valence-corrected chi connectivity index (χ4v) is 1.43. The summed E-state index contributed by atoms with van der Waals surface area (Å²) in [4.78, 5) is 22.6. The fraction of sp³-hybridized carbons (Fsp3) is 0.250. The number of nitrogens with zero attached hydrogens (tertiary/aromatic N) is 1. The van der Waals surface area contributed by atoms with Crippen LogP contribution in [0, 0.1) is 11.3 Å². The molecule has 0 aliphatic carbocycles. The van der Waals surface area contributed by atoms with Crippen molar-refractivity contribution in [3.8, 4) is 6.07 Å². The molecule has 0 fully saturated rings. The smallest absolute Gasteiger partial charge is 0.320 e. The summed E-state index contributed by atoms with van der Waals surface area (Å²) in [6, 6.07) is 7.87. The third-order valence-electron chi connectivity index (χ3n) is 2.23. The molecule has 5 heteroatoms. The molecule has 0 spiro atoms. The molecule has 0 aliphatic rings. The van der Waals surface area contributed by atoms with E-state index < -0.39 is 17.8 Å². The number of amides is 1. The number of aliphatic carboxylic acids is 1. The van der Waals surface area contributed by atoms with Crippen LogP contribution < -0.4 is 5.32 Å². The van der Waals surface area contributed by atoms with E-state index in [2.05, 4.69) is 5.32 Å². The zero-order chi connectivity index (χ0) is 12.8. The maximum atomic E-state index is 11.6. The van der Waals surface area contributed by atoms with Crippen LogP contribution in [0.15, 0.2) is 24.3 Å². The number of rotatable bonds is 4. The van der Waals surface area contributed by atoms with Gasteiger partial charge in [-0.15, -0.1) is 0 Å². The van der Waals surface area contributed by atoms with Gasteiger partial charge in [-0.25, -0.2) is 0 Å². The van der Waals surface area contributed by atoms with Crippen LogP contribution >= 0.6 is 0 Å². The topological polar surface area (TPSA) is 90.2 Å². The van der Waals surface area contributed by atoms with Gasteiger partial charge in [0.25, 0.3) is 0 Å². The summed E-state index contributed by atoms with van der Waals surface area (Å²) in [6.07, 6.45) is 0. The second-order valence-corrected chi connectivity index (χ2v) is 3.40. The number of carbonyl (C=O) groups excluding carboxylic acids is 1. The number of carboxylic acid groups (broad SMARTS) is 1. The molecule has 0 aliphatic heterocycles. The molecule has 5 nitrogen and oxygen atoms in total. The number of benzene rings is 1. The number of hydrogen-bond acceptors (Lipinski definition) is 3. The number of likely N-dealkylation sites (N-methyl/N-ethyl adjacent to an activating group) is 1. The Bertz CT molecular complexity index is 460. The highest BCUT2D eigenvalue weighted by Crippen LogP contribution is 2.17. The van der Waals surface area contributed by atoms with Crippen molar-refractivity contribution < 1.29 is 14.7 Å². The van der Waals surface area contributed by atoms with Crippen LogP contribution in [0.1, 0.15) is 24.0 Å². The van der Waals surface area contributed by atoms with E-state index in [1.54, 1.807) is 6.92 Å². The van der Waals surface area contributed by atoms with Crippen LogP contribution in [0.5, 0.6) is 0 Å². The number of nitriles is 1. The molecule has 1 atom stereocenters. The van der Waals surface area contributed by atoms with Crippen molar-refractivity contribution in [1.82, 2.24) is 5.32 Å². The summed E-state index contributed by atoms with van der Waals surface area (Å²) in [5.41, 5.74) is 0.788. The standard InChI is InChI=1S/C12H12N2O3/c1-2-14-11(15)10(12(16)17)9-5-3-8(7-13)4-6-9/h3-6,10H,2H2,1H3,(H,14,15)(H,16,17). The van der Waals surface area contributed by atoms with Crippen LogP contribution in [0.4, 0.5) is 0 Å². The lowest BCUT2D eigenvalue weighted by atomic mass is 9.97. The maximum absolute atomic E-state index is 11.6. The third kappa shape index (κ3) is 3.05. The molecule has 1 unspecified atom stereocenters. The Labute approximate surface area is 98.7 Å². The van der Waals surface area contributed by atoms with Gasteiger partial charge in [-0.1, -0.05) is 12.1 Å². The van der Waals surface area contributed by atoms with Gasteiger partial charge >= 0.3 is 5.97 Å². The van der Waals surface area contributed by atoms with Gasteiger partial charge in [-0.3, -0.25) is 9.59 Å². The molecule has 1 amide bonds. The molecular weight excluding hydrogens is 220 g/mol. The van der Waals surface area contributed by atoms with E-state index in [1.165, 1.54) is 24.3 Å². The van der Waals surface area contributed by atoms with Crippen molar-refractivity contribution in [3.05, 3.63) is 35.4 Å². The molecule has 1 aromatic rings. The second-order valence-electron chi connectivity index (χ2n) is 3.40. The van der Waals surface area contributed by atoms with E-state index in [0.717, 1.165) is 0 Å². The predicted molar refractivity (Wildman–Crippen MR) is 60.2 cm³/mol. The van der Waals surface area contributed by atoms with Gasteiger partial charge in [0.2, 0.25) is 5.91 Å². The largest absolute Gasteiger partial charge is 0.480 e. The van der Waals surface area contributed by atoms with Gasteiger partial charge in [0.15, 0.2) is 5.92 Å². The van der Waals surface area contributed by atoms with Crippen molar-refractivity contribution in [1.29, 1.82) is 5.26 Å². The lowest BCUT2D eigenvalue weighted by Crippen LogP contribution is -2.33. The molecule has 88 valence electrons. The number of hydrogen-bond donors (Lipinski definition) is 2. The Morgan fingerprint density at radius 1 is 1.41 bits per heavy atom. The monoisotopic (exact) mass is 232 g/mol. The highest BCUT2D eigenvalue weighted by atomic mass is 16.4. The molecule has 0 bridgehead atoms. The lowest BCUT2D eigenvalue weighted by Gasteiger charge is -2.12. The van der Waals surface area contributed by atoms with Gasteiger partial charge in [0.1, 0.15) is 0 Å². The van der Waals surface area contributed by atoms with E-state index in [9.17, 15) is 9.59 Å². The van der Waals surface area contributed by atoms with Gasteiger partial charge in [-0.2, -0.15) is 5.26 Å². The number of nitrogens with one attached hydrogen (secondary N) is 1. The van der Waals surface area contributed by atoms with Crippen LogP contribution in [-0.4, -0.2) is 23.5 Å². The van der Waals surface area contributed by atoms with Crippen molar-refractivity contribution in [2.75, 3.05) is 6.54 Å². The third-order valence-corrected chi connectivity index (χ3v) is 2.23. The van der Waals surface area contributed by atoms with Crippen LogP contribution in [-0.2, 0) is 9.59 Å². The van der Waals surface area contributed by atoms with Gasteiger partial charge < -0.3 is 10.4 Å². The minimum Gasteiger partial charge on any atom is -0.480 e. The molecule has 2 N–H and O–H groups in total. The SMILES string of the molecule is CCNC(=O)C(C(=O)O)c1ccc(C#N)cc1. The second kappa shape index (κ2) is 5.66. The van der Waals surface area contributed by atoms with Crippen LogP contribution in [0.3, 0.4) is 0 Å². The summed E-state index contributed by atoms with van der Waals surface area (Å²) < 4.78 is 0. The molecule has 0 saturated carbocycles. The van der Waals surface area contributed by atoms with E-state index in [-0.39, 0.29) is 0 Å². The summed E-state index contributed by atoms with van der Waals surface area (Å²) in [5.74, 6) is -2.99. The van der Waals surface area contributed by atoms with Gasteiger partial charge in [0.05, 0.1) is 11.6 Å². The van der Waals surface area contributed by atoms with Crippen molar-refractivity contribution >= 4 is 11.9 Å². The predicted octanol–water partition coefficient (Wildman–Crippen LogP) is 0.863. The van der Waals surface area contributed by atoms with Crippen molar-refractivity contribution in [2.24, 2.45) is 0 Å². The zero-order valence-electron chi connectivity index (χ0n) is 9.30. The first-order valence-corrected chi connectivity index (χ1v) is 5.10. The molecule has 1 rings (SSSR count). The first kappa shape index (κ1) is 12.7. The fourth-order valence-electron chi connectivity index (χ4n) is 1.43. The van der Waals surface area contributed by atoms with Crippen LogP contribution in [0.25, 0.3) is 0 Å². The Morgan fingerprint density at radius 3 is 2.41 bits per heavy atom. The average molecular weight is 232 g/mol. The molecule has 0 aromatic heterocycles. The number of carbonyl (C=O) groups is 2. The minimum absolute atomic E-state index is 0.363. The first-order chi connectivity index (χ1) is 8.10. The first-order valence-electron chi connectivity index (χ1n) is 5.10. The van der Waals surface area contributed by atoms with E-state index >= 15 is 0 Å². The van der Waals surface area contributed by atoms with Crippen molar-refractivity contribution in [3.63, 3.8) is 0 Å². The zero-order valence-corrected chi connectivity index (χ0v) is 9.30. The molecule has 17 heavy (non-hydrogen) atoms. The summed E-state index contributed by atoms with van der Waals surface area (Å²) >= 11 is 0. The maximum Gasteiger partial charge on any atom is 0.320 e. The van der Waals surface area contributed by atoms with E-state index in [4.69, 9.17) is 10.4 Å². The molecule has 0 saturated heterocycles. The average Bonchev–Trinajstić information content (AvgIpc) is 2.30. The summed E-state index contributed by atoms with van der Waals surface area (Å²) in [5, 5.41) is 20.1. The van der Waals surface area contributed by atoms with Crippen LogP contribution in [0.2, 0.25) is 0 Å². The van der Waals surface area contributed by atoms with Crippen molar-refractivity contribution in [2.45, 2.75) is 12.8 Å². The summed E-state index contributed by atoms with van der Waals surface area (Å²) in [7, 11) is 0. The molecular formula is C12H12N2O3. The van der Waals surface area contributed by atoms with Gasteiger partial charge in [-0.05, 0) is 24.6 Å². The van der Waals surface area contributed by atoms with E-state index in [1.807, 2.05) is 6.07 Å².